The van der Waals surface area contributed by atoms with Crippen LogP contribution in [0.2, 0.25) is 0 Å². The first-order valence-corrected chi connectivity index (χ1v) is 19.7. The van der Waals surface area contributed by atoms with Crippen LogP contribution in [-0.2, 0) is 0 Å². The number of hydrogen-bond donors (Lipinski definition) is 1. The van der Waals surface area contributed by atoms with Gasteiger partial charge in [-0.2, -0.15) is 0 Å². The highest BCUT2D eigenvalue weighted by molar-refractivity contribution is 6.00. The van der Waals surface area contributed by atoms with Crippen LogP contribution in [0.1, 0.15) is 98.0 Å². The Morgan fingerprint density at radius 3 is 1.74 bits per heavy atom. The van der Waals surface area contributed by atoms with E-state index in [0.717, 1.165) is 75.6 Å². The van der Waals surface area contributed by atoms with Crippen LogP contribution in [0.3, 0.4) is 0 Å². The number of benzene rings is 5. The molecule has 5 aromatic carbocycles. The van der Waals surface area contributed by atoms with Gasteiger partial charge in [0.2, 0.25) is 0 Å². The third-order valence-electron chi connectivity index (χ3n) is 9.66. The summed E-state index contributed by atoms with van der Waals surface area (Å²) in [4.78, 5) is 15.3. The monoisotopic (exact) mass is 711 g/mol. The number of ether oxygens (including phenoxy) is 2. The molecule has 0 saturated heterocycles. The van der Waals surface area contributed by atoms with Crippen LogP contribution in [-0.4, -0.2) is 33.3 Å². The summed E-state index contributed by atoms with van der Waals surface area (Å²) in [6.45, 7) is 14.4. The van der Waals surface area contributed by atoms with Crippen LogP contribution in [0.25, 0.3) is 55.7 Å². The summed E-state index contributed by atoms with van der Waals surface area (Å²) >= 11 is 0. The lowest BCUT2D eigenvalue weighted by Gasteiger charge is -2.16. The SMILES string of the molecule is CCC(C)C.CCCCCCOc1ccc(-c2nc(-c3c(C)ccc4ccccc34)nc(-c3c(OCCCCCC)ccc4ccccc34)n2)c(O)c1. The predicted molar refractivity (Wildman–Crippen MR) is 222 cm³/mol. The molecule has 0 spiro atoms. The number of fused-ring (bicyclic) bond motifs is 2. The second kappa shape index (κ2) is 19.8. The van der Waals surface area contributed by atoms with Crippen molar-refractivity contribution in [3.8, 4) is 51.4 Å². The quantitative estimate of drug-likeness (QED) is 0.101. The van der Waals surface area contributed by atoms with Crippen molar-refractivity contribution in [2.24, 2.45) is 5.92 Å². The van der Waals surface area contributed by atoms with Crippen molar-refractivity contribution in [1.82, 2.24) is 15.0 Å². The van der Waals surface area contributed by atoms with Crippen LogP contribution >= 0.6 is 0 Å². The van der Waals surface area contributed by atoms with Crippen LogP contribution in [0, 0.1) is 12.8 Å². The average Bonchev–Trinajstić information content (AvgIpc) is 3.17. The van der Waals surface area contributed by atoms with Gasteiger partial charge < -0.3 is 14.6 Å². The number of aromatic hydroxyl groups is 1. The standard InChI is InChI=1S/C42H45N3O3.C5H12/c1-4-6-8-14-26-47-32-23-24-35(36(46)28-32)40-43-41(38-29(3)20-21-30-16-10-12-18-33(30)38)45-42(44-40)39-34-19-13-11-17-31(34)22-25-37(39)48-27-15-9-7-5-2;1-4-5(2)3/h10-13,16-25,28,46H,4-9,14-15,26-27H2,1-3H3;5H,4H2,1-3H3. The first kappa shape index (κ1) is 39.2. The number of nitrogens with zero attached hydrogens (tertiary/aromatic N) is 3. The molecule has 1 N–H and O–H groups in total. The van der Waals surface area contributed by atoms with E-state index in [-0.39, 0.29) is 5.75 Å². The Hall–Kier alpha value is -4.97. The van der Waals surface area contributed by atoms with Crippen LogP contribution in [0.5, 0.6) is 17.2 Å². The van der Waals surface area contributed by atoms with Crippen molar-refractivity contribution in [2.75, 3.05) is 13.2 Å². The van der Waals surface area contributed by atoms with Crippen LogP contribution < -0.4 is 9.47 Å². The molecule has 1 aromatic heterocycles. The molecule has 0 bridgehead atoms. The predicted octanol–water partition coefficient (Wildman–Crippen LogP) is 13.2. The third kappa shape index (κ3) is 10.3. The van der Waals surface area contributed by atoms with E-state index in [2.05, 4.69) is 84.0 Å². The van der Waals surface area contributed by atoms with Crippen molar-refractivity contribution >= 4 is 21.5 Å². The molecule has 6 aromatic rings. The van der Waals surface area contributed by atoms with Gasteiger partial charge in [0.15, 0.2) is 17.5 Å². The zero-order valence-corrected chi connectivity index (χ0v) is 32.6. The first-order chi connectivity index (χ1) is 25.8. The largest absolute Gasteiger partial charge is 0.507 e. The van der Waals surface area contributed by atoms with Crippen molar-refractivity contribution in [1.29, 1.82) is 0 Å². The van der Waals surface area contributed by atoms with Gasteiger partial charge in [-0.3, -0.25) is 0 Å². The highest BCUT2D eigenvalue weighted by Gasteiger charge is 2.21. The van der Waals surface area contributed by atoms with Gasteiger partial charge in [-0.1, -0.05) is 146 Å². The van der Waals surface area contributed by atoms with E-state index in [1.165, 1.54) is 32.1 Å². The molecule has 0 aliphatic rings. The smallest absolute Gasteiger partial charge is 0.168 e. The molecule has 0 atom stereocenters. The Morgan fingerprint density at radius 2 is 1.13 bits per heavy atom. The molecule has 53 heavy (non-hydrogen) atoms. The summed E-state index contributed by atoms with van der Waals surface area (Å²) in [7, 11) is 0. The van der Waals surface area contributed by atoms with Crippen molar-refractivity contribution in [3.05, 3.63) is 96.6 Å². The molecule has 0 saturated carbocycles. The molecule has 278 valence electrons. The van der Waals surface area contributed by atoms with Crippen molar-refractivity contribution in [2.45, 2.75) is 99.3 Å². The third-order valence-corrected chi connectivity index (χ3v) is 9.66. The minimum Gasteiger partial charge on any atom is -0.507 e. The molecule has 0 aliphatic heterocycles. The lowest BCUT2D eigenvalue weighted by molar-refractivity contribution is 0.303. The fourth-order valence-corrected chi connectivity index (χ4v) is 6.22. The second-order valence-electron chi connectivity index (χ2n) is 14.2. The van der Waals surface area contributed by atoms with Crippen LogP contribution in [0.15, 0.2) is 91.0 Å². The number of unbranched alkanes of at least 4 members (excludes halogenated alkanes) is 6. The summed E-state index contributed by atoms with van der Waals surface area (Å²) in [5.41, 5.74) is 3.32. The summed E-state index contributed by atoms with van der Waals surface area (Å²) < 4.78 is 12.4. The normalized spacial score (nSPS) is 11.2. The van der Waals surface area contributed by atoms with Gasteiger partial charge in [0.1, 0.15) is 17.2 Å². The molecule has 0 aliphatic carbocycles. The van der Waals surface area contributed by atoms with Crippen molar-refractivity contribution in [3.63, 3.8) is 0 Å². The van der Waals surface area contributed by atoms with E-state index in [9.17, 15) is 5.11 Å². The molecular formula is C47H57N3O3. The maximum Gasteiger partial charge on any atom is 0.168 e. The summed E-state index contributed by atoms with van der Waals surface area (Å²) in [5, 5.41) is 15.6. The highest BCUT2D eigenvalue weighted by Crippen LogP contribution is 2.40. The molecule has 0 unspecified atom stereocenters. The fourth-order valence-electron chi connectivity index (χ4n) is 6.22. The molecule has 0 amide bonds. The van der Waals surface area contributed by atoms with E-state index >= 15 is 0 Å². The number of phenolic OH excluding ortho intramolecular Hbond substituents is 1. The van der Waals surface area contributed by atoms with Gasteiger partial charge in [0.05, 0.1) is 24.3 Å². The second-order valence-corrected chi connectivity index (χ2v) is 14.2. The Kier molecular flexibility index (Phi) is 14.6. The highest BCUT2D eigenvalue weighted by atomic mass is 16.5. The Balaban J connectivity index is 0.00000101. The van der Waals surface area contributed by atoms with Gasteiger partial charge in [0, 0.05) is 11.6 Å². The Labute approximate surface area is 316 Å². The molecular weight excluding hydrogens is 655 g/mol. The Bertz CT molecular complexity index is 2070. The lowest BCUT2D eigenvalue weighted by atomic mass is 9.98. The number of aromatic nitrogens is 3. The molecule has 0 fully saturated rings. The number of rotatable bonds is 16. The minimum absolute atomic E-state index is 0.0594. The van der Waals surface area contributed by atoms with E-state index in [1.54, 1.807) is 6.07 Å². The maximum absolute atomic E-state index is 11.3. The Morgan fingerprint density at radius 1 is 0.585 bits per heavy atom. The summed E-state index contributed by atoms with van der Waals surface area (Å²) in [5.74, 6) is 3.73. The number of hydrogen-bond acceptors (Lipinski definition) is 6. The molecule has 0 radical (unpaired) electrons. The summed E-state index contributed by atoms with van der Waals surface area (Å²) in [6.07, 6.45) is 10.2. The van der Waals surface area contributed by atoms with Gasteiger partial charge in [0.25, 0.3) is 0 Å². The molecule has 1 heterocycles. The first-order valence-electron chi connectivity index (χ1n) is 19.7. The van der Waals surface area contributed by atoms with Gasteiger partial charge in [-0.05, 0) is 71.0 Å². The minimum atomic E-state index is 0.0594. The van der Waals surface area contributed by atoms with E-state index < -0.39 is 0 Å². The van der Waals surface area contributed by atoms with Crippen molar-refractivity contribution < 1.29 is 14.6 Å². The van der Waals surface area contributed by atoms with E-state index in [4.69, 9.17) is 24.4 Å². The van der Waals surface area contributed by atoms with E-state index in [0.29, 0.717) is 42.0 Å². The van der Waals surface area contributed by atoms with E-state index in [1.807, 2.05) is 42.5 Å². The summed E-state index contributed by atoms with van der Waals surface area (Å²) in [6, 6.07) is 30.2. The fraction of sp³-hybridized carbons (Fsp3) is 0.383. The molecule has 6 nitrogen and oxygen atoms in total. The van der Waals surface area contributed by atoms with Gasteiger partial charge in [-0.25, -0.2) is 15.0 Å². The van der Waals surface area contributed by atoms with Gasteiger partial charge >= 0.3 is 0 Å². The number of aryl methyl sites for hydroxylation is 1. The average molecular weight is 712 g/mol. The van der Waals surface area contributed by atoms with Gasteiger partial charge in [-0.15, -0.1) is 0 Å². The molecule has 6 heteroatoms. The topological polar surface area (TPSA) is 77.4 Å². The molecule has 6 rings (SSSR count). The maximum atomic E-state index is 11.3. The zero-order chi connectivity index (χ0) is 37.6. The number of phenols is 1. The zero-order valence-electron chi connectivity index (χ0n) is 32.6. The van der Waals surface area contributed by atoms with Crippen LogP contribution in [0.4, 0.5) is 0 Å². The lowest BCUT2D eigenvalue weighted by Crippen LogP contribution is -2.05.